The average molecular weight is 280 g/mol. The van der Waals surface area contributed by atoms with E-state index in [0.29, 0.717) is 16.9 Å². The second-order valence-electron chi connectivity index (χ2n) is 3.25. The quantitative estimate of drug-likeness (QED) is 0.912. The third-order valence-electron chi connectivity index (χ3n) is 2.05. The third kappa shape index (κ3) is 4.07. The molecule has 2 aromatic rings. The van der Waals surface area contributed by atoms with Crippen molar-refractivity contribution >= 4 is 23.7 Å². The number of thiophene rings is 1. The van der Waals surface area contributed by atoms with Gasteiger partial charge in [-0.15, -0.1) is 23.7 Å². The number of hydrogen-bond donors (Lipinski definition) is 1. The molecule has 1 N–H and O–H groups in total. The van der Waals surface area contributed by atoms with Gasteiger partial charge in [0.15, 0.2) is 0 Å². The van der Waals surface area contributed by atoms with Gasteiger partial charge < -0.3 is 5.32 Å². The Kier molecular flexibility index (Phi) is 5.54. The Morgan fingerprint density at radius 1 is 1.35 bits per heavy atom. The van der Waals surface area contributed by atoms with Crippen LogP contribution in [0.3, 0.4) is 0 Å². The molecule has 0 atom stereocenters. The van der Waals surface area contributed by atoms with E-state index in [1.165, 1.54) is 11.1 Å². The fraction of sp³-hybridized carbons (Fsp3) is 0.300. The van der Waals surface area contributed by atoms with Gasteiger partial charge in [0.25, 0.3) is 0 Å². The lowest BCUT2D eigenvalue weighted by atomic mass is 10.4. The molecule has 2 rings (SSSR count). The number of nitrogens with one attached hydrogen (secondary N) is 1. The minimum Gasteiger partial charge on any atom is -0.306 e. The predicted molar refractivity (Wildman–Crippen MR) is 65.6 cm³/mol. The van der Waals surface area contributed by atoms with Gasteiger partial charge in [-0.25, -0.2) is 4.68 Å². The summed E-state index contributed by atoms with van der Waals surface area (Å²) in [5, 5.41) is 8.88. The van der Waals surface area contributed by atoms with Crippen LogP contribution in [0.4, 0.5) is 8.78 Å². The summed E-state index contributed by atoms with van der Waals surface area (Å²) in [6, 6.07) is 5.59. The van der Waals surface area contributed by atoms with Gasteiger partial charge in [0.05, 0.1) is 5.69 Å². The molecule has 0 aromatic carbocycles. The first-order valence-electron chi connectivity index (χ1n) is 4.81. The summed E-state index contributed by atoms with van der Waals surface area (Å²) in [6.07, 6.45) is 1.28. The smallest absolute Gasteiger partial charge is 0.306 e. The maximum Gasteiger partial charge on any atom is 0.333 e. The van der Waals surface area contributed by atoms with Crippen LogP contribution in [0, 0.1) is 0 Å². The number of halogens is 3. The normalized spacial score (nSPS) is 10.5. The summed E-state index contributed by atoms with van der Waals surface area (Å²) in [5.74, 6) is 0. The van der Waals surface area contributed by atoms with E-state index in [0.717, 1.165) is 6.54 Å². The van der Waals surface area contributed by atoms with Crippen molar-refractivity contribution in [2.75, 3.05) is 0 Å². The van der Waals surface area contributed by atoms with Crippen molar-refractivity contribution < 1.29 is 8.78 Å². The van der Waals surface area contributed by atoms with E-state index < -0.39 is 6.55 Å². The standard InChI is InChI=1S/C10H11F2N3S.ClH/c11-10(12)15-4-3-8(14-15)6-13-7-9-2-1-5-16-9;/h1-5,10,13H,6-7H2;1H. The first-order valence-corrected chi connectivity index (χ1v) is 5.69. The highest BCUT2D eigenvalue weighted by molar-refractivity contribution is 7.09. The first kappa shape index (κ1) is 14.1. The van der Waals surface area contributed by atoms with Crippen molar-refractivity contribution in [1.82, 2.24) is 15.1 Å². The fourth-order valence-electron chi connectivity index (χ4n) is 1.31. The van der Waals surface area contributed by atoms with E-state index in [2.05, 4.69) is 10.4 Å². The molecule has 7 heteroatoms. The Bertz CT molecular complexity index is 430. The van der Waals surface area contributed by atoms with Crippen LogP contribution in [-0.2, 0) is 13.1 Å². The summed E-state index contributed by atoms with van der Waals surface area (Å²) < 4.78 is 25.1. The van der Waals surface area contributed by atoms with Crippen LogP contribution in [0.1, 0.15) is 17.1 Å². The molecule has 2 heterocycles. The Balaban J connectivity index is 0.00000144. The molecular weight excluding hydrogens is 268 g/mol. The molecule has 0 aliphatic carbocycles. The van der Waals surface area contributed by atoms with Crippen molar-refractivity contribution in [3.63, 3.8) is 0 Å². The Morgan fingerprint density at radius 2 is 2.18 bits per heavy atom. The monoisotopic (exact) mass is 279 g/mol. The van der Waals surface area contributed by atoms with E-state index in [1.54, 1.807) is 17.4 Å². The van der Waals surface area contributed by atoms with Crippen LogP contribution in [0.15, 0.2) is 29.8 Å². The van der Waals surface area contributed by atoms with Crippen LogP contribution >= 0.6 is 23.7 Å². The van der Waals surface area contributed by atoms with Gasteiger partial charge in [0.2, 0.25) is 0 Å². The van der Waals surface area contributed by atoms with E-state index >= 15 is 0 Å². The molecule has 0 aliphatic heterocycles. The van der Waals surface area contributed by atoms with Crippen molar-refractivity contribution in [3.05, 3.63) is 40.3 Å². The zero-order chi connectivity index (χ0) is 11.4. The maximum atomic E-state index is 12.2. The lowest BCUT2D eigenvalue weighted by Gasteiger charge is -2.00. The Labute approximate surface area is 108 Å². The topological polar surface area (TPSA) is 29.9 Å². The third-order valence-corrected chi connectivity index (χ3v) is 2.93. The molecule has 0 radical (unpaired) electrons. The van der Waals surface area contributed by atoms with Crippen LogP contribution in [-0.4, -0.2) is 9.78 Å². The van der Waals surface area contributed by atoms with Gasteiger partial charge in [0.1, 0.15) is 0 Å². The zero-order valence-corrected chi connectivity index (χ0v) is 10.5. The van der Waals surface area contributed by atoms with Crippen LogP contribution < -0.4 is 5.32 Å². The van der Waals surface area contributed by atoms with E-state index in [1.807, 2.05) is 17.5 Å². The summed E-state index contributed by atoms with van der Waals surface area (Å²) in [4.78, 5) is 1.22. The van der Waals surface area contributed by atoms with Crippen molar-refractivity contribution in [2.24, 2.45) is 0 Å². The van der Waals surface area contributed by atoms with E-state index in [-0.39, 0.29) is 12.4 Å². The SMILES string of the molecule is Cl.FC(F)n1ccc(CNCc2cccs2)n1. The molecule has 0 spiro atoms. The van der Waals surface area contributed by atoms with E-state index in [4.69, 9.17) is 0 Å². The van der Waals surface area contributed by atoms with Crippen LogP contribution in [0.2, 0.25) is 0 Å². The van der Waals surface area contributed by atoms with Gasteiger partial charge in [0, 0.05) is 24.2 Å². The average Bonchev–Trinajstić information content (AvgIpc) is 2.87. The Morgan fingerprint density at radius 3 is 2.76 bits per heavy atom. The molecule has 0 unspecified atom stereocenters. The highest BCUT2D eigenvalue weighted by Crippen LogP contribution is 2.10. The Hall–Kier alpha value is -0.980. The highest BCUT2D eigenvalue weighted by Gasteiger charge is 2.06. The molecule has 0 bridgehead atoms. The molecule has 0 saturated carbocycles. The minimum atomic E-state index is -2.56. The molecule has 94 valence electrons. The summed E-state index contributed by atoms with van der Waals surface area (Å²) in [5.41, 5.74) is 0.622. The van der Waals surface area contributed by atoms with Crippen molar-refractivity contribution in [3.8, 4) is 0 Å². The number of aromatic nitrogens is 2. The van der Waals surface area contributed by atoms with Crippen molar-refractivity contribution in [1.29, 1.82) is 0 Å². The molecule has 3 nitrogen and oxygen atoms in total. The second-order valence-corrected chi connectivity index (χ2v) is 4.28. The number of nitrogens with zero attached hydrogens (tertiary/aromatic N) is 2. The van der Waals surface area contributed by atoms with Crippen LogP contribution in [0.25, 0.3) is 0 Å². The zero-order valence-electron chi connectivity index (χ0n) is 8.85. The molecular formula is C10H12ClF2N3S. The largest absolute Gasteiger partial charge is 0.333 e. The predicted octanol–water partition coefficient (Wildman–Crippen LogP) is 3.05. The van der Waals surface area contributed by atoms with E-state index in [9.17, 15) is 8.78 Å². The van der Waals surface area contributed by atoms with Gasteiger partial charge in [-0.1, -0.05) is 6.07 Å². The summed E-state index contributed by atoms with van der Waals surface area (Å²) >= 11 is 1.66. The molecule has 0 saturated heterocycles. The molecule has 0 fully saturated rings. The second kappa shape index (κ2) is 6.68. The molecule has 0 aliphatic rings. The van der Waals surface area contributed by atoms with Gasteiger partial charge in [-0.3, -0.25) is 0 Å². The fourth-order valence-corrected chi connectivity index (χ4v) is 1.98. The van der Waals surface area contributed by atoms with Crippen LogP contribution in [0.5, 0.6) is 0 Å². The lowest BCUT2D eigenvalue weighted by Crippen LogP contribution is -2.12. The lowest BCUT2D eigenvalue weighted by molar-refractivity contribution is 0.0561. The summed E-state index contributed by atoms with van der Waals surface area (Å²) in [7, 11) is 0. The van der Waals surface area contributed by atoms with Crippen molar-refractivity contribution in [2.45, 2.75) is 19.6 Å². The molecule has 0 amide bonds. The van der Waals surface area contributed by atoms with Gasteiger partial charge in [-0.05, 0) is 17.5 Å². The number of alkyl halides is 2. The first-order chi connectivity index (χ1) is 7.75. The molecule has 2 aromatic heterocycles. The maximum absolute atomic E-state index is 12.2. The summed E-state index contributed by atoms with van der Waals surface area (Å²) in [6.45, 7) is -1.33. The number of hydrogen-bond acceptors (Lipinski definition) is 3. The highest BCUT2D eigenvalue weighted by atomic mass is 35.5. The molecule has 17 heavy (non-hydrogen) atoms. The van der Waals surface area contributed by atoms with Gasteiger partial charge >= 0.3 is 6.55 Å². The number of rotatable bonds is 5. The van der Waals surface area contributed by atoms with Gasteiger partial charge in [-0.2, -0.15) is 13.9 Å². The minimum absolute atomic E-state index is 0.